The molecule has 0 amide bonds. The van der Waals surface area contributed by atoms with E-state index in [1.54, 1.807) is 12.1 Å². The minimum atomic E-state index is -0.261. The lowest BCUT2D eigenvalue weighted by Gasteiger charge is -2.36. The summed E-state index contributed by atoms with van der Waals surface area (Å²) in [4.78, 5) is 0. The van der Waals surface area contributed by atoms with Crippen molar-refractivity contribution < 1.29 is 10.2 Å². The van der Waals surface area contributed by atoms with E-state index in [0.29, 0.717) is 0 Å². The molecule has 3 heteroatoms. The lowest BCUT2D eigenvalue weighted by atomic mass is 9.80. The van der Waals surface area contributed by atoms with Crippen molar-refractivity contribution in [2.45, 2.75) is 12.1 Å². The standard InChI is InChI=1S/C32H23NO2/c34-26-17-15-21-16-18-27(35)30-28(21)29(26)31(24-13-5-9-19-7-1-3-11-22(19)24)33-32(30)25-14-6-10-20-8-2-4-12-23(20)25/h1-18,31-35H. The second kappa shape index (κ2) is 7.59. The highest BCUT2D eigenvalue weighted by Gasteiger charge is 2.35. The first-order valence-electron chi connectivity index (χ1n) is 11.9. The number of nitrogens with one attached hydrogen (secondary N) is 1. The third-order valence-corrected chi connectivity index (χ3v) is 7.40. The topological polar surface area (TPSA) is 52.5 Å². The highest BCUT2D eigenvalue weighted by molar-refractivity contribution is 5.97. The molecule has 6 aromatic rings. The molecule has 3 N–H and O–H groups in total. The van der Waals surface area contributed by atoms with Crippen molar-refractivity contribution in [1.82, 2.24) is 5.32 Å². The average Bonchev–Trinajstić information content (AvgIpc) is 2.91. The monoisotopic (exact) mass is 453 g/mol. The van der Waals surface area contributed by atoms with Gasteiger partial charge in [-0.2, -0.15) is 0 Å². The van der Waals surface area contributed by atoms with Gasteiger partial charge in [-0.3, -0.25) is 5.32 Å². The van der Waals surface area contributed by atoms with E-state index in [4.69, 9.17) is 0 Å². The van der Waals surface area contributed by atoms with Gasteiger partial charge in [-0.15, -0.1) is 0 Å². The van der Waals surface area contributed by atoms with Gasteiger partial charge in [0.15, 0.2) is 0 Å². The molecule has 0 aliphatic carbocycles. The van der Waals surface area contributed by atoms with Crippen LogP contribution in [-0.2, 0) is 0 Å². The zero-order chi connectivity index (χ0) is 23.5. The number of aromatic hydroxyl groups is 2. The second-order valence-corrected chi connectivity index (χ2v) is 9.26. The van der Waals surface area contributed by atoms with Crippen LogP contribution >= 0.6 is 0 Å². The molecular formula is C32H23NO2. The Morgan fingerprint density at radius 3 is 1.43 bits per heavy atom. The van der Waals surface area contributed by atoms with Crippen LogP contribution in [0.3, 0.4) is 0 Å². The van der Waals surface area contributed by atoms with Gasteiger partial charge in [0.05, 0.1) is 12.1 Å². The minimum absolute atomic E-state index is 0.228. The van der Waals surface area contributed by atoms with E-state index in [0.717, 1.165) is 54.6 Å². The van der Waals surface area contributed by atoms with Crippen LogP contribution in [0.15, 0.2) is 109 Å². The molecule has 6 aromatic carbocycles. The van der Waals surface area contributed by atoms with Crippen molar-refractivity contribution in [2.75, 3.05) is 0 Å². The molecule has 2 atom stereocenters. The summed E-state index contributed by atoms with van der Waals surface area (Å²) in [6.45, 7) is 0. The van der Waals surface area contributed by atoms with Gasteiger partial charge in [0, 0.05) is 11.1 Å². The van der Waals surface area contributed by atoms with Crippen molar-refractivity contribution in [3.05, 3.63) is 131 Å². The van der Waals surface area contributed by atoms with Crippen LogP contribution in [0.25, 0.3) is 32.3 Å². The van der Waals surface area contributed by atoms with Gasteiger partial charge in [-0.25, -0.2) is 0 Å². The van der Waals surface area contributed by atoms with Gasteiger partial charge in [-0.1, -0.05) is 97.1 Å². The molecule has 0 saturated carbocycles. The summed E-state index contributed by atoms with van der Waals surface area (Å²) in [5, 5.41) is 32.7. The van der Waals surface area contributed by atoms with Crippen molar-refractivity contribution in [3.63, 3.8) is 0 Å². The van der Waals surface area contributed by atoms with Crippen molar-refractivity contribution in [3.8, 4) is 11.5 Å². The van der Waals surface area contributed by atoms with E-state index in [2.05, 4.69) is 78.1 Å². The Kier molecular flexibility index (Phi) is 4.35. The minimum Gasteiger partial charge on any atom is -0.508 e. The summed E-state index contributed by atoms with van der Waals surface area (Å²) in [6.07, 6.45) is 0. The fraction of sp³-hybridized carbons (Fsp3) is 0.0625. The number of rotatable bonds is 2. The zero-order valence-electron chi connectivity index (χ0n) is 18.9. The fourth-order valence-electron chi connectivity index (χ4n) is 5.86. The predicted molar refractivity (Wildman–Crippen MR) is 142 cm³/mol. The smallest absolute Gasteiger partial charge is 0.121 e. The summed E-state index contributed by atoms with van der Waals surface area (Å²) in [5.41, 5.74) is 3.82. The van der Waals surface area contributed by atoms with Crippen LogP contribution in [0.5, 0.6) is 11.5 Å². The maximum absolute atomic E-state index is 11.2. The normalized spacial score (nSPS) is 17.3. The first-order chi connectivity index (χ1) is 17.2. The molecule has 0 spiro atoms. The molecule has 0 radical (unpaired) electrons. The third-order valence-electron chi connectivity index (χ3n) is 7.40. The number of fused-ring (bicyclic) bond motifs is 2. The van der Waals surface area contributed by atoms with Crippen molar-refractivity contribution in [2.24, 2.45) is 0 Å². The lowest BCUT2D eigenvalue weighted by molar-refractivity contribution is 0.434. The summed E-state index contributed by atoms with van der Waals surface area (Å²) >= 11 is 0. The molecule has 0 saturated heterocycles. The van der Waals surface area contributed by atoms with Crippen LogP contribution < -0.4 is 5.32 Å². The Morgan fingerprint density at radius 2 is 0.914 bits per heavy atom. The molecule has 1 aliphatic rings. The lowest BCUT2D eigenvalue weighted by Crippen LogP contribution is -2.32. The molecule has 0 fully saturated rings. The largest absolute Gasteiger partial charge is 0.508 e. The number of hydrogen-bond acceptors (Lipinski definition) is 3. The van der Waals surface area contributed by atoms with E-state index >= 15 is 0 Å². The molecule has 1 heterocycles. The highest BCUT2D eigenvalue weighted by atomic mass is 16.3. The molecule has 0 aromatic heterocycles. The van der Waals surface area contributed by atoms with Gasteiger partial charge in [0.25, 0.3) is 0 Å². The molecule has 0 bridgehead atoms. The van der Waals surface area contributed by atoms with Gasteiger partial charge in [0.1, 0.15) is 11.5 Å². The Hall–Kier alpha value is -4.34. The highest BCUT2D eigenvalue weighted by Crippen LogP contribution is 2.49. The predicted octanol–water partition coefficient (Wildman–Crippen LogP) is 7.34. The van der Waals surface area contributed by atoms with Gasteiger partial charge < -0.3 is 10.2 Å². The number of phenolic OH excluding ortho intramolecular Hbond substituents is 2. The first kappa shape index (κ1) is 20.1. The summed E-state index contributed by atoms with van der Waals surface area (Å²) in [7, 11) is 0. The second-order valence-electron chi connectivity index (χ2n) is 9.26. The average molecular weight is 454 g/mol. The van der Waals surface area contributed by atoms with E-state index in [1.165, 1.54) is 0 Å². The van der Waals surface area contributed by atoms with E-state index in [1.807, 2.05) is 24.3 Å². The van der Waals surface area contributed by atoms with Crippen LogP contribution in [0.2, 0.25) is 0 Å². The molecule has 3 nitrogen and oxygen atoms in total. The SMILES string of the molecule is Oc1ccc2ccc(O)c3c2c1C(c1cccc2ccccc12)NC3c1cccc2ccccc12. The van der Waals surface area contributed by atoms with Gasteiger partial charge >= 0.3 is 0 Å². The molecular weight excluding hydrogens is 430 g/mol. The number of hydrogen-bond donors (Lipinski definition) is 3. The van der Waals surface area contributed by atoms with Crippen molar-refractivity contribution >= 4 is 32.3 Å². The van der Waals surface area contributed by atoms with Gasteiger partial charge in [-0.05, 0) is 55.6 Å². The number of benzene rings is 6. The maximum Gasteiger partial charge on any atom is 0.121 e. The Balaban J connectivity index is 1.59. The quantitative estimate of drug-likeness (QED) is 0.257. The van der Waals surface area contributed by atoms with Crippen LogP contribution in [-0.4, -0.2) is 10.2 Å². The van der Waals surface area contributed by atoms with E-state index in [9.17, 15) is 10.2 Å². The molecule has 168 valence electrons. The maximum atomic E-state index is 11.2. The summed E-state index contributed by atoms with van der Waals surface area (Å²) < 4.78 is 0. The Bertz CT molecular complexity index is 1640. The van der Waals surface area contributed by atoms with E-state index in [-0.39, 0.29) is 23.6 Å². The molecule has 1 aliphatic heterocycles. The fourth-order valence-corrected chi connectivity index (χ4v) is 5.86. The van der Waals surface area contributed by atoms with Crippen LogP contribution in [0.4, 0.5) is 0 Å². The Labute approximate surface area is 202 Å². The molecule has 7 rings (SSSR count). The first-order valence-corrected chi connectivity index (χ1v) is 11.9. The summed E-state index contributed by atoms with van der Waals surface area (Å²) in [5.74, 6) is 0.456. The van der Waals surface area contributed by atoms with Crippen molar-refractivity contribution in [1.29, 1.82) is 0 Å². The summed E-state index contributed by atoms with van der Waals surface area (Å²) in [6, 6.07) is 36.2. The molecule has 2 unspecified atom stereocenters. The van der Waals surface area contributed by atoms with E-state index < -0.39 is 0 Å². The molecule has 35 heavy (non-hydrogen) atoms. The number of phenols is 2. The van der Waals surface area contributed by atoms with Gasteiger partial charge in [0.2, 0.25) is 0 Å². The third kappa shape index (κ3) is 2.95. The van der Waals surface area contributed by atoms with Crippen LogP contribution in [0, 0.1) is 0 Å². The Morgan fingerprint density at radius 1 is 0.457 bits per heavy atom. The van der Waals surface area contributed by atoms with Crippen LogP contribution in [0.1, 0.15) is 34.3 Å². The zero-order valence-corrected chi connectivity index (χ0v) is 18.9.